The molecule has 1 saturated heterocycles. The second-order valence-electron chi connectivity index (χ2n) is 7.13. The van der Waals surface area contributed by atoms with E-state index in [9.17, 15) is 9.90 Å². The predicted molar refractivity (Wildman–Crippen MR) is 114 cm³/mol. The maximum Gasteiger partial charge on any atom is 0.328 e. The predicted octanol–water partition coefficient (Wildman–Crippen LogP) is 4.82. The molecule has 0 saturated carbocycles. The van der Waals surface area contributed by atoms with Crippen LogP contribution in [0.3, 0.4) is 0 Å². The fraction of sp³-hybridized carbons (Fsp3) is 0.375. The third kappa shape index (κ3) is 5.20. The summed E-state index contributed by atoms with van der Waals surface area (Å²) >= 11 is 0. The third-order valence-electron chi connectivity index (χ3n) is 5.09. The summed E-state index contributed by atoms with van der Waals surface area (Å²) in [6, 6.07) is 13.0. The first-order valence-electron chi connectivity index (χ1n) is 10.1. The normalized spacial score (nSPS) is 19.4. The average Bonchev–Trinajstić information content (AvgIpc) is 2.77. The smallest absolute Gasteiger partial charge is 0.328 e. The van der Waals surface area contributed by atoms with Crippen molar-refractivity contribution in [2.24, 2.45) is 0 Å². The van der Waals surface area contributed by atoms with Gasteiger partial charge < -0.3 is 24.1 Å². The molecule has 0 radical (unpaired) electrons. The lowest BCUT2D eigenvalue weighted by Gasteiger charge is -2.30. The molecule has 6 heteroatoms. The number of hydrogen-bond donors (Lipinski definition) is 1. The number of rotatable bonds is 8. The van der Waals surface area contributed by atoms with Crippen LogP contribution in [0, 0.1) is 0 Å². The van der Waals surface area contributed by atoms with Crippen LogP contribution in [0.15, 0.2) is 48.5 Å². The van der Waals surface area contributed by atoms with Gasteiger partial charge in [0, 0.05) is 11.6 Å². The molecule has 0 aliphatic carbocycles. The van der Waals surface area contributed by atoms with Gasteiger partial charge >= 0.3 is 5.97 Å². The van der Waals surface area contributed by atoms with Gasteiger partial charge in [0.1, 0.15) is 0 Å². The van der Waals surface area contributed by atoms with Crippen LogP contribution in [0.25, 0.3) is 5.57 Å². The second-order valence-corrected chi connectivity index (χ2v) is 7.13. The highest BCUT2D eigenvalue weighted by atomic mass is 16.7. The molecule has 1 aliphatic rings. The molecule has 0 spiro atoms. The molecule has 0 aromatic heterocycles. The van der Waals surface area contributed by atoms with E-state index in [1.807, 2.05) is 30.3 Å². The van der Waals surface area contributed by atoms with Crippen molar-refractivity contribution >= 4 is 11.5 Å². The topological polar surface area (TPSA) is 74.2 Å². The Morgan fingerprint density at radius 1 is 1.10 bits per heavy atom. The zero-order chi connectivity index (χ0) is 21.5. The summed E-state index contributed by atoms with van der Waals surface area (Å²) in [4.78, 5) is 11.5. The molecule has 30 heavy (non-hydrogen) atoms. The quantitative estimate of drug-likeness (QED) is 0.627. The number of hydrogen-bond acceptors (Lipinski definition) is 5. The minimum atomic E-state index is -1.02. The maximum atomic E-state index is 11.5. The molecule has 0 amide bonds. The summed E-state index contributed by atoms with van der Waals surface area (Å²) in [5, 5.41) is 9.40. The minimum Gasteiger partial charge on any atom is -0.493 e. The van der Waals surface area contributed by atoms with Gasteiger partial charge in [0.25, 0.3) is 0 Å². The lowest BCUT2D eigenvalue weighted by molar-refractivity contribution is -0.218. The Balaban J connectivity index is 1.88. The van der Waals surface area contributed by atoms with E-state index in [4.69, 9.17) is 18.9 Å². The molecule has 1 fully saturated rings. The highest BCUT2D eigenvalue weighted by molar-refractivity contribution is 5.95. The molecular formula is C24H28O6. The molecule has 2 unspecified atom stereocenters. The Morgan fingerprint density at radius 2 is 1.80 bits per heavy atom. The number of benzene rings is 2. The zero-order valence-electron chi connectivity index (χ0n) is 17.6. The summed E-state index contributed by atoms with van der Waals surface area (Å²) < 4.78 is 22.5. The molecule has 1 heterocycles. The summed E-state index contributed by atoms with van der Waals surface area (Å²) in [7, 11) is 3.11. The van der Waals surface area contributed by atoms with Gasteiger partial charge in [-0.05, 0) is 41.7 Å². The van der Waals surface area contributed by atoms with Crippen molar-refractivity contribution in [2.75, 3.05) is 20.8 Å². The number of carboxylic acids is 1. The van der Waals surface area contributed by atoms with Crippen molar-refractivity contribution in [1.29, 1.82) is 0 Å². The first-order valence-corrected chi connectivity index (χ1v) is 10.1. The van der Waals surface area contributed by atoms with E-state index >= 15 is 0 Å². The fourth-order valence-corrected chi connectivity index (χ4v) is 3.58. The summed E-state index contributed by atoms with van der Waals surface area (Å²) in [5.41, 5.74) is 2.98. The standard InChI is InChI=1S/C24H28O6/c1-4-5-19-12-13-29-24(30-19)17-8-6-16(7-9-17)20(15-23(25)26)18-10-11-21(27-2)22(14-18)28-3/h6-11,14-15,19,24H,4-5,12-13H2,1-3H3,(H,25,26). The van der Waals surface area contributed by atoms with E-state index in [1.165, 1.54) is 6.08 Å². The molecule has 6 nitrogen and oxygen atoms in total. The zero-order valence-corrected chi connectivity index (χ0v) is 17.6. The van der Waals surface area contributed by atoms with Crippen LogP contribution < -0.4 is 9.47 Å². The number of carboxylic acid groups (broad SMARTS) is 1. The van der Waals surface area contributed by atoms with Crippen molar-refractivity contribution in [1.82, 2.24) is 0 Å². The van der Waals surface area contributed by atoms with Crippen LogP contribution in [-0.4, -0.2) is 38.0 Å². The van der Waals surface area contributed by atoms with Crippen molar-refractivity contribution in [3.8, 4) is 11.5 Å². The lowest BCUT2D eigenvalue weighted by atomic mass is 9.96. The van der Waals surface area contributed by atoms with E-state index in [-0.39, 0.29) is 6.10 Å². The van der Waals surface area contributed by atoms with Gasteiger partial charge in [-0.1, -0.05) is 43.7 Å². The molecule has 3 rings (SSSR count). The maximum absolute atomic E-state index is 11.5. The van der Waals surface area contributed by atoms with Crippen molar-refractivity contribution < 1.29 is 28.8 Å². The molecule has 0 bridgehead atoms. The molecule has 160 valence electrons. The van der Waals surface area contributed by atoms with Gasteiger partial charge in [0.05, 0.1) is 26.9 Å². The van der Waals surface area contributed by atoms with Gasteiger partial charge in [0.2, 0.25) is 0 Å². The van der Waals surface area contributed by atoms with Crippen molar-refractivity contribution in [3.63, 3.8) is 0 Å². The Labute approximate surface area is 177 Å². The van der Waals surface area contributed by atoms with Crippen LogP contribution >= 0.6 is 0 Å². The summed E-state index contributed by atoms with van der Waals surface area (Å²) in [6.07, 6.45) is 4.02. The third-order valence-corrected chi connectivity index (χ3v) is 5.09. The molecule has 2 aromatic rings. The molecule has 2 atom stereocenters. The van der Waals surface area contributed by atoms with Crippen molar-refractivity contribution in [3.05, 3.63) is 65.2 Å². The Hall–Kier alpha value is -2.83. The van der Waals surface area contributed by atoms with Crippen LogP contribution in [0.5, 0.6) is 11.5 Å². The van der Waals surface area contributed by atoms with Crippen LogP contribution in [0.4, 0.5) is 0 Å². The minimum absolute atomic E-state index is 0.211. The monoisotopic (exact) mass is 412 g/mol. The number of methoxy groups -OCH3 is 2. The van der Waals surface area contributed by atoms with Gasteiger partial charge in [0.15, 0.2) is 17.8 Å². The van der Waals surface area contributed by atoms with E-state index in [0.29, 0.717) is 23.7 Å². The van der Waals surface area contributed by atoms with Gasteiger partial charge in [-0.3, -0.25) is 0 Å². The van der Waals surface area contributed by atoms with Crippen LogP contribution in [0.2, 0.25) is 0 Å². The fourth-order valence-electron chi connectivity index (χ4n) is 3.58. The largest absolute Gasteiger partial charge is 0.493 e. The van der Waals surface area contributed by atoms with Gasteiger partial charge in [-0.25, -0.2) is 4.79 Å². The Morgan fingerprint density at radius 3 is 2.43 bits per heavy atom. The molecular weight excluding hydrogens is 384 g/mol. The second kappa shape index (κ2) is 10.3. The first-order chi connectivity index (χ1) is 14.5. The van der Waals surface area contributed by atoms with E-state index in [1.54, 1.807) is 26.4 Å². The van der Waals surface area contributed by atoms with E-state index < -0.39 is 12.3 Å². The molecule has 1 aliphatic heterocycles. The lowest BCUT2D eigenvalue weighted by Crippen LogP contribution is -2.26. The van der Waals surface area contributed by atoms with Crippen LogP contribution in [-0.2, 0) is 14.3 Å². The van der Waals surface area contributed by atoms with Gasteiger partial charge in [-0.2, -0.15) is 0 Å². The average molecular weight is 412 g/mol. The van der Waals surface area contributed by atoms with Crippen LogP contribution in [0.1, 0.15) is 49.2 Å². The highest BCUT2D eigenvalue weighted by Gasteiger charge is 2.24. The van der Waals surface area contributed by atoms with E-state index in [0.717, 1.165) is 36.0 Å². The summed E-state index contributed by atoms with van der Waals surface area (Å²) in [5.74, 6) is 0.0959. The SMILES string of the molecule is CCCC1CCOC(c2ccc(C(=CC(=O)O)c3ccc(OC)c(OC)c3)cc2)O1. The van der Waals surface area contributed by atoms with Gasteiger partial charge in [-0.15, -0.1) is 0 Å². The molecule has 1 N–H and O–H groups in total. The number of ether oxygens (including phenoxy) is 4. The number of aliphatic carboxylic acids is 1. The van der Waals surface area contributed by atoms with E-state index in [2.05, 4.69) is 6.92 Å². The van der Waals surface area contributed by atoms with Crippen molar-refractivity contribution in [2.45, 2.75) is 38.6 Å². The first kappa shape index (κ1) is 21.9. The molecule has 2 aromatic carbocycles. The Bertz CT molecular complexity index is 885. The summed E-state index contributed by atoms with van der Waals surface area (Å²) in [6.45, 7) is 2.82. The number of carbonyl (C=O) groups is 1. The highest BCUT2D eigenvalue weighted by Crippen LogP contribution is 2.34. The Kier molecular flexibility index (Phi) is 7.49.